The fraction of sp³-hybridized carbons (Fsp3) is 0.957. The van der Waals surface area contributed by atoms with Crippen LogP contribution in [-0.4, -0.2) is 42.8 Å². The van der Waals surface area contributed by atoms with Crippen molar-refractivity contribution < 1.29 is 24.1 Å². The summed E-state index contributed by atoms with van der Waals surface area (Å²) in [4.78, 5) is 12.1. The average Bonchev–Trinajstić information content (AvgIpc) is 3.24. The van der Waals surface area contributed by atoms with E-state index in [1.807, 2.05) is 0 Å². The van der Waals surface area contributed by atoms with Crippen molar-refractivity contribution in [2.24, 2.45) is 34.5 Å². The number of rotatable bonds is 3. The van der Waals surface area contributed by atoms with Gasteiger partial charge in [-0.2, -0.15) is 0 Å². The van der Waals surface area contributed by atoms with Crippen molar-refractivity contribution in [2.75, 3.05) is 19.8 Å². The Hall–Kier alpha value is -0.650. The predicted octanol–water partition coefficient (Wildman–Crippen LogP) is 3.92. The Morgan fingerprint density at radius 2 is 1.75 bits per heavy atom. The van der Waals surface area contributed by atoms with Crippen LogP contribution in [0.1, 0.15) is 72.6 Å². The van der Waals surface area contributed by atoms with E-state index < -0.39 is 5.79 Å². The first kappa shape index (κ1) is 20.6. The highest BCUT2D eigenvalue weighted by Crippen LogP contribution is 2.65. The highest BCUT2D eigenvalue weighted by molar-refractivity contribution is 5.66. The maximum atomic E-state index is 12.1. The van der Waals surface area contributed by atoms with Crippen molar-refractivity contribution in [1.82, 2.24) is 0 Å². The lowest BCUT2D eigenvalue weighted by atomic mass is 9.51. The van der Waals surface area contributed by atoms with E-state index in [-0.39, 0.29) is 47.3 Å². The first-order valence-corrected chi connectivity index (χ1v) is 11.3. The molecule has 1 aliphatic heterocycles. The van der Waals surface area contributed by atoms with E-state index >= 15 is 0 Å². The normalized spacial score (nSPS) is 47.8. The Morgan fingerprint density at radius 3 is 2.39 bits per heavy atom. The van der Waals surface area contributed by atoms with E-state index in [1.54, 1.807) is 0 Å². The van der Waals surface area contributed by atoms with Crippen LogP contribution in [0.3, 0.4) is 0 Å². The molecule has 3 aliphatic carbocycles. The largest absolute Gasteiger partial charge is 0.462 e. The van der Waals surface area contributed by atoms with E-state index in [1.165, 1.54) is 13.3 Å². The van der Waals surface area contributed by atoms with Crippen LogP contribution in [0.2, 0.25) is 0 Å². The molecular weight excluding hydrogens is 356 g/mol. The molecule has 0 aromatic heterocycles. The van der Waals surface area contributed by atoms with Gasteiger partial charge in [0.25, 0.3) is 0 Å². The minimum Gasteiger partial charge on any atom is -0.462 e. The molecule has 4 fully saturated rings. The number of aliphatic hydroxyl groups is 1. The summed E-state index contributed by atoms with van der Waals surface area (Å²) in [5, 5.41) is 10.2. The van der Waals surface area contributed by atoms with Crippen molar-refractivity contribution in [2.45, 2.75) is 84.5 Å². The number of hydrogen-bond acceptors (Lipinski definition) is 5. The number of fused-ring (bicyclic) bond motifs is 2. The summed E-state index contributed by atoms with van der Waals surface area (Å²) in [5.74, 6) is 0.778. The molecular formula is C23H38O5. The molecule has 0 amide bonds. The number of esters is 1. The number of carbonyl (C=O) groups is 1. The van der Waals surface area contributed by atoms with Crippen LogP contribution in [0.15, 0.2) is 0 Å². The standard InChI is InChI=1S/C23H38O5/c1-15-5-8-21(3,17(13-15)14-24)18-6-9-22(4)19(20(18)28-16(2)25)7-10-23(22)26-11-12-27-23/h15,17-20,24H,5-14H2,1-4H3/t15-,17+,18-,19-,20+,21-,22-/m0/s1. The van der Waals surface area contributed by atoms with E-state index in [0.717, 1.165) is 38.5 Å². The molecule has 3 saturated carbocycles. The lowest BCUT2D eigenvalue weighted by molar-refractivity contribution is -0.252. The van der Waals surface area contributed by atoms with Crippen molar-refractivity contribution >= 4 is 5.97 Å². The predicted molar refractivity (Wildman–Crippen MR) is 105 cm³/mol. The Bertz CT molecular complexity index is 600. The second-order valence-electron chi connectivity index (χ2n) is 10.5. The summed E-state index contributed by atoms with van der Waals surface area (Å²) in [6.45, 7) is 10.00. The monoisotopic (exact) mass is 394 g/mol. The molecule has 0 aromatic rings. The van der Waals surface area contributed by atoms with Gasteiger partial charge >= 0.3 is 5.97 Å². The summed E-state index contributed by atoms with van der Waals surface area (Å²) in [6, 6.07) is 0. The third kappa shape index (κ3) is 2.95. The SMILES string of the molecule is CC(=O)O[C@@H]1[C@@H]([C@@]2(C)CC[C@H](C)C[C@@H]2CO)CC[C@@]2(C)[C@H]1CCC21OCCO1. The highest BCUT2D eigenvalue weighted by Gasteiger charge is 2.67. The Kier molecular flexibility index (Phi) is 5.33. The van der Waals surface area contributed by atoms with Crippen molar-refractivity contribution in [3.8, 4) is 0 Å². The number of carbonyl (C=O) groups excluding carboxylic acids is 1. The van der Waals surface area contributed by atoms with E-state index in [2.05, 4.69) is 20.8 Å². The molecule has 0 radical (unpaired) electrons. The van der Waals surface area contributed by atoms with Gasteiger partial charge in [0.15, 0.2) is 5.79 Å². The molecule has 1 spiro atoms. The maximum absolute atomic E-state index is 12.1. The summed E-state index contributed by atoms with van der Waals surface area (Å²) < 4.78 is 18.5. The van der Waals surface area contributed by atoms with Gasteiger partial charge in [-0.3, -0.25) is 4.79 Å². The molecule has 4 rings (SSSR count). The molecule has 5 heteroatoms. The van der Waals surface area contributed by atoms with E-state index in [4.69, 9.17) is 14.2 Å². The fourth-order valence-electron chi connectivity index (χ4n) is 7.43. The zero-order valence-electron chi connectivity index (χ0n) is 18.0. The first-order chi connectivity index (χ1) is 13.3. The van der Waals surface area contributed by atoms with Crippen LogP contribution in [0.25, 0.3) is 0 Å². The van der Waals surface area contributed by atoms with Crippen LogP contribution in [0, 0.1) is 34.5 Å². The minimum atomic E-state index is -0.501. The maximum Gasteiger partial charge on any atom is 0.302 e. The fourth-order valence-corrected chi connectivity index (χ4v) is 7.43. The van der Waals surface area contributed by atoms with Crippen molar-refractivity contribution in [3.63, 3.8) is 0 Å². The Balaban J connectivity index is 1.67. The quantitative estimate of drug-likeness (QED) is 0.735. The van der Waals surface area contributed by atoms with Gasteiger partial charge in [-0.05, 0) is 49.4 Å². The molecule has 4 aliphatic rings. The average molecular weight is 395 g/mol. The van der Waals surface area contributed by atoms with E-state index in [9.17, 15) is 9.90 Å². The molecule has 0 bridgehead atoms. The number of hydrogen-bond donors (Lipinski definition) is 1. The molecule has 28 heavy (non-hydrogen) atoms. The molecule has 1 N–H and O–H groups in total. The van der Waals surface area contributed by atoms with Gasteiger partial charge in [0.2, 0.25) is 0 Å². The molecule has 0 aromatic carbocycles. The molecule has 0 unspecified atom stereocenters. The molecule has 1 saturated heterocycles. The van der Waals surface area contributed by atoms with Gasteiger partial charge in [0.1, 0.15) is 6.10 Å². The third-order valence-corrected chi connectivity index (χ3v) is 9.16. The molecule has 1 heterocycles. The lowest BCUT2D eigenvalue weighted by Crippen LogP contribution is -2.58. The molecule has 160 valence electrons. The van der Waals surface area contributed by atoms with Gasteiger partial charge in [-0.25, -0.2) is 0 Å². The third-order valence-electron chi connectivity index (χ3n) is 9.16. The Morgan fingerprint density at radius 1 is 1.07 bits per heavy atom. The summed E-state index contributed by atoms with van der Waals surface area (Å²) in [7, 11) is 0. The van der Waals surface area contributed by atoms with E-state index in [0.29, 0.717) is 19.1 Å². The number of ether oxygens (including phenoxy) is 3. The van der Waals surface area contributed by atoms with Gasteiger partial charge in [-0.15, -0.1) is 0 Å². The van der Waals surface area contributed by atoms with Crippen LogP contribution in [0.5, 0.6) is 0 Å². The summed E-state index contributed by atoms with van der Waals surface area (Å²) in [6.07, 6.45) is 7.13. The van der Waals surface area contributed by atoms with Crippen LogP contribution in [0.4, 0.5) is 0 Å². The highest BCUT2D eigenvalue weighted by atomic mass is 16.7. The second kappa shape index (κ2) is 7.24. The zero-order chi connectivity index (χ0) is 20.2. The van der Waals surface area contributed by atoms with Gasteiger partial charge in [0, 0.05) is 37.2 Å². The van der Waals surface area contributed by atoms with Gasteiger partial charge in [0.05, 0.1) is 13.2 Å². The lowest BCUT2D eigenvalue weighted by Gasteiger charge is -2.57. The van der Waals surface area contributed by atoms with Crippen molar-refractivity contribution in [3.05, 3.63) is 0 Å². The molecule has 5 nitrogen and oxygen atoms in total. The van der Waals surface area contributed by atoms with Crippen molar-refractivity contribution in [1.29, 1.82) is 0 Å². The van der Waals surface area contributed by atoms with Gasteiger partial charge in [-0.1, -0.05) is 27.2 Å². The smallest absolute Gasteiger partial charge is 0.302 e. The molecule has 7 atom stereocenters. The first-order valence-electron chi connectivity index (χ1n) is 11.3. The summed E-state index contributed by atoms with van der Waals surface area (Å²) in [5.41, 5.74) is -0.108. The number of aliphatic hydroxyl groups excluding tert-OH is 1. The van der Waals surface area contributed by atoms with Gasteiger partial charge < -0.3 is 19.3 Å². The van der Waals surface area contributed by atoms with Crippen LogP contribution >= 0.6 is 0 Å². The van der Waals surface area contributed by atoms with Crippen LogP contribution < -0.4 is 0 Å². The minimum absolute atomic E-state index is 0.00977. The topological polar surface area (TPSA) is 65.0 Å². The zero-order valence-corrected chi connectivity index (χ0v) is 18.0. The summed E-state index contributed by atoms with van der Waals surface area (Å²) >= 11 is 0. The Labute approximate surface area is 169 Å². The second-order valence-corrected chi connectivity index (χ2v) is 10.5. The van der Waals surface area contributed by atoms with Crippen LogP contribution in [-0.2, 0) is 19.0 Å².